The highest BCUT2D eigenvalue weighted by Crippen LogP contribution is 2.31. The number of nitrogens with zero attached hydrogens (tertiary/aromatic N) is 2. The number of aromatic nitrogens is 2. The van der Waals surface area contributed by atoms with Crippen LogP contribution in [0.25, 0.3) is 0 Å². The number of rotatable bonds is 6. The summed E-state index contributed by atoms with van der Waals surface area (Å²) in [6.07, 6.45) is 1.47. The smallest absolute Gasteiger partial charge is 0.374 e. The van der Waals surface area contributed by atoms with Gasteiger partial charge < -0.3 is 14.5 Å². The molecule has 0 bridgehead atoms. The Morgan fingerprint density at radius 1 is 1.40 bits per heavy atom. The summed E-state index contributed by atoms with van der Waals surface area (Å²) < 4.78 is 10.6. The topological polar surface area (TPSA) is 77.2 Å². The molecule has 130 valence electrons. The predicted molar refractivity (Wildman–Crippen MR) is 99.0 cm³/mol. The van der Waals surface area contributed by atoms with Crippen LogP contribution in [0.1, 0.15) is 21.7 Å². The van der Waals surface area contributed by atoms with E-state index in [0.717, 1.165) is 21.2 Å². The molecular weight excluding hydrogens is 382 g/mol. The van der Waals surface area contributed by atoms with Crippen LogP contribution < -0.4 is 5.32 Å². The summed E-state index contributed by atoms with van der Waals surface area (Å²) in [4.78, 5) is 11.6. The summed E-state index contributed by atoms with van der Waals surface area (Å²) in [5, 5.41) is 12.8. The quantitative estimate of drug-likeness (QED) is 0.469. The number of hydrogen-bond donors (Lipinski definition) is 1. The molecule has 1 aromatic carbocycles. The van der Waals surface area contributed by atoms with Crippen molar-refractivity contribution >= 4 is 51.5 Å². The summed E-state index contributed by atoms with van der Waals surface area (Å²) in [6.45, 7) is 1.95. The van der Waals surface area contributed by atoms with Crippen molar-refractivity contribution in [2.75, 3.05) is 12.4 Å². The summed E-state index contributed by atoms with van der Waals surface area (Å²) in [5.41, 5.74) is 2.63. The standard InChI is InChI=1S/C16H14ClN3O3S2/c1-9-3-4-11(7-12(9)17)18-15-19-20-16(25-15)24-8-10-5-6-23-13(10)14(21)22-2/h3-7H,8H2,1-2H3,(H,18,19). The molecule has 0 radical (unpaired) electrons. The van der Waals surface area contributed by atoms with E-state index in [1.165, 1.54) is 36.5 Å². The minimum Gasteiger partial charge on any atom is -0.463 e. The van der Waals surface area contributed by atoms with E-state index in [1.54, 1.807) is 6.07 Å². The Balaban J connectivity index is 1.63. The zero-order valence-electron chi connectivity index (χ0n) is 13.4. The maximum absolute atomic E-state index is 11.6. The van der Waals surface area contributed by atoms with Crippen LogP contribution in [0.4, 0.5) is 10.8 Å². The molecule has 0 aliphatic rings. The fraction of sp³-hybridized carbons (Fsp3) is 0.188. The fourth-order valence-electron chi connectivity index (χ4n) is 1.97. The zero-order valence-corrected chi connectivity index (χ0v) is 15.8. The number of hydrogen-bond acceptors (Lipinski definition) is 8. The van der Waals surface area contributed by atoms with Gasteiger partial charge in [0.1, 0.15) is 0 Å². The number of benzene rings is 1. The van der Waals surface area contributed by atoms with Crippen LogP contribution in [0.5, 0.6) is 0 Å². The van der Waals surface area contributed by atoms with Gasteiger partial charge in [0, 0.05) is 22.0 Å². The lowest BCUT2D eigenvalue weighted by molar-refractivity contribution is 0.0564. The van der Waals surface area contributed by atoms with Crippen LogP contribution in [-0.2, 0) is 10.5 Å². The molecule has 0 saturated heterocycles. The molecule has 0 unspecified atom stereocenters. The second-order valence-electron chi connectivity index (χ2n) is 5.02. The lowest BCUT2D eigenvalue weighted by Gasteiger charge is -2.03. The number of methoxy groups -OCH3 is 1. The van der Waals surface area contributed by atoms with Gasteiger partial charge in [-0.2, -0.15) is 0 Å². The van der Waals surface area contributed by atoms with Crippen LogP contribution in [-0.4, -0.2) is 23.3 Å². The van der Waals surface area contributed by atoms with E-state index in [1.807, 2.05) is 25.1 Å². The monoisotopic (exact) mass is 395 g/mol. The van der Waals surface area contributed by atoms with Gasteiger partial charge in [-0.15, -0.1) is 10.2 Å². The van der Waals surface area contributed by atoms with Crippen LogP contribution >= 0.6 is 34.7 Å². The number of furan rings is 1. The third kappa shape index (κ3) is 4.33. The van der Waals surface area contributed by atoms with E-state index in [2.05, 4.69) is 20.3 Å². The molecule has 2 aromatic heterocycles. The number of nitrogens with one attached hydrogen (secondary N) is 1. The number of thioether (sulfide) groups is 1. The molecule has 0 aliphatic heterocycles. The highest BCUT2D eigenvalue weighted by molar-refractivity contribution is 8.00. The van der Waals surface area contributed by atoms with Crippen molar-refractivity contribution in [3.8, 4) is 0 Å². The first-order chi connectivity index (χ1) is 12.1. The van der Waals surface area contributed by atoms with Crippen molar-refractivity contribution in [2.45, 2.75) is 17.0 Å². The lowest BCUT2D eigenvalue weighted by atomic mass is 10.2. The van der Waals surface area contributed by atoms with E-state index in [4.69, 9.17) is 16.0 Å². The van der Waals surface area contributed by atoms with Gasteiger partial charge in [0.25, 0.3) is 0 Å². The van der Waals surface area contributed by atoms with E-state index in [-0.39, 0.29) is 5.76 Å². The summed E-state index contributed by atoms with van der Waals surface area (Å²) in [5.74, 6) is 0.259. The van der Waals surface area contributed by atoms with Crippen molar-refractivity contribution < 1.29 is 13.9 Å². The maximum atomic E-state index is 11.6. The Bertz CT molecular complexity index is 894. The van der Waals surface area contributed by atoms with E-state index in [9.17, 15) is 4.79 Å². The molecule has 6 nitrogen and oxygen atoms in total. The molecule has 0 aliphatic carbocycles. The van der Waals surface area contributed by atoms with Gasteiger partial charge in [0.15, 0.2) is 4.34 Å². The third-order valence-electron chi connectivity index (χ3n) is 3.30. The molecule has 0 amide bonds. The molecular formula is C16H14ClN3O3S2. The third-order valence-corrected chi connectivity index (χ3v) is 5.73. The molecule has 2 heterocycles. The van der Waals surface area contributed by atoms with Gasteiger partial charge in [0.05, 0.1) is 13.4 Å². The Morgan fingerprint density at radius 3 is 3.00 bits per heavy atom. The highest BCUT2D eigenvalue weighted by atomic mass is 35.5. The van der Waals surface area contributed by atoms with Gasteiger partial charge in [-0.3, -0.25) is 0 Å². The van der Waals surface area contributed by atoms with Crippen molar-refractivity contribution in [1.82, 2.24) is 10.2 Å². The number of carbonyl (C=O) groups excluding carboxylic acids is 1. The Hall–Kier alpha value is -2.03. The molecule has 0 atom stereocenters. The molecule has 0 saturated carbocycles. The van der Waals surface area contributed by atoms with Gasteiger partial charge in [-0.05, 0) is 30.7 Å². The Morgan fingerprint density at radius 2 is 2.24 bits per heavy atom. The van der Waals surface area contributed by atoms with Gasteiger partial charge in [-0.25, -0.2) is 4.79 Å². The van der Waals surface area contributed by atoms with E-state index >= 15 is 0 Å². The maximum Gasteiger partial charge on any atom is 0.374 e. The Labute approximate surface area is 157 Å². The minimum absolute atomic E-state index is 0.215. The molecule has 0 fully saturated rings. The van der Waals surface area contributed by atoms with Crippen LogP contribution in [0.15, 0.2) is 39.3 Å². The summed E-state index contributed by atoms with van der Waals surface area (Å²) in [6, 6.07) is 7.46. The molecule has 25 heavy (non-hydrogen) atoms. The molecule has 0 spiro atoms. The highest BCUT2D eigenvalue weighted by Gasteiger charge is 2.16. The minimum atomic E-state index is -0.489. The summed E-state index contributed by atoms with van der Waals surface area (Å²) >= 11 is 9.01. The Kier molecular flexibility index (Phi) is 5.62. The number of aryl methyl sites for hydroxylation is 1. The largest absolute Gasteiger partial charge is 0.463 e. The van der Waals surface area contributed by atoms with E-state index in [0.29, 0.717) is 15.9 Å². The first-order valence-electron chi connectivity index (χ1n) is 7.21. The van der Waals surface area contributed by atoms with Gasteiger partial charge >= 0.3 is 5.97 Å². The van der Waals surface area contributed by atoms with E-state index < -0.39 is 5.97 Å². The van der Waals surface area contributed by atoms with Crippen molar-refractivity contribution in [3.05, 3.63) is 52.4 Å². The normalized spacial score (nSPS) is 10.7. The van der Waals surface area contributed by atoms with Crippen LogP contribution in [0, 0.1) is 6.92 Å². The number of esters is 1. The first kappa shape index (κ1) is 17.8. The van der Waals surface area contributed by atoms with Gasteiger partial charge in [-0.1, -0.05) is 40.8 Å². The molecule has 3 aromatic rings. The van der Waals surface area contributed by atoms with Crippen molar-refractivity contribution in [1.29, 1.82) is 0 Å². The number of anilines is 2. The molecule has 9 heteroatoms. The first-order valence-corrected chi connectivity index (χ1v) is 9.39. The molecule has 3 rings (SSSR count). The average Bonchev–Trinajstić information content (AvgIpc) is 3.24. The van der Waals surface area contributed by atoms with Crippen LogP contribution in [0.2, 0.25) is 5.02 Å². The number of ether oxygens (including phenoxy) is 1. The van der Waals surface area contributed by atoms with Gasteiger partial charge in [0.2, 0.25) is 10.9 Å². The van der Waals surface area contributed by atoms with Crippen molar-refractivity contribution in [2.24, 2.45) is 0 Å². The predicted octanol–water partition coefficient (Wildman–Crippen LogP) is 4.92. The van der Waals surface area contributed by atoms with Crippen molar-refractivity contribution in [3.63, 3.8) is 0 Å². The lowest BCUT2D eigenvalue weighted by Crippen LogP contribution is -2.02. The second kappa shape index (κ2) is 7.90. The fourth-order valence-corrected chi connectivity index (χ4v) is 3.91. The SMILES string of the molecule is COC(=O)c1occc1CSc1nnc(Nc2ccc(C)c(Cl)c2)s1. The number of carbonyl (C=O) groups is 1. The average molecular weight is 396 g/mol. The molecule has 1 N–H and O–H groups in total. The summed E-state index contributed by atoms with van der Waals surface area (Å²) in [7, 11) is 1.32. The number of halogens is 1. The second-order valence-corrected chi connectivity index (χ2v) is 7.62. The van der Waals surface area contributed by atoms with Crippen LogP contribution in [0.3, 0.4) is 0 Å². The zero-order chi connectivity index (χ0) is 17.8.